The molecule has 2 saturated heterocycles. The van der Waals surface area contributed by atoms with Gasteiger partial charge in [-0.25, -0.2) is 9.97 Å². The van der Waals surface area contributed by atoms with Gasteiger partial charge in [-0.05, 0) is 43.9 Å². The number of para-hydroxylation sites is 1. The molecule has 1 spiro atoms. The molecular formula is C20H21F3N4O. The van der Waals surface area contributed by atoms with Crippen LogP contribution in [0.3, 0.4) is 0 Å². The zero-order valence-electron chi connectivity index (χ0n) is 15.5. The van der Waals surface area contributed by atoms with E-state index in [0.717, 1.165) is 29.9 Å². The van der Waals surface area contributed by atoms with Crippen LogP contribution in [0.25, 0.3) is 0 Å². The van der Waals surface area contributed by atoms with Gasteiger partial charge in [0, 0.05) is 31.5 Å². The van der Waals surface area contributed by atoms with Crippen molar-refractivity contribution >= 4 is 17.5 Å². The molecule has 3 heterocycles. The summed E-state index contributed by atoms with van der Waals surface area (Å²) in [5.74, 6) is 0.0783. The van der Waals surface area contributed by atoms with Gasteiger partial charge in [0.1, 0.15) is 5.69 Å². The average Bonchev–Trinajstić information content (AvgIpc) is 2.97. The molecule has 2 fully saturated rings. The number of aryl methyl sites for hydroxylation is 1. The maximum atomic E-state index is 13.3. The lowest BCUT2D eigenvalue weighted by Crippen LogP contribution is -2.48. The summed E-state index contributed by atoms with van der Waals surface area (Å²) >= 11 is 0. The Hall–Kier alpha value is -2.64. The highest BCUT2D eigenvalue weighted by Gasteiger charge is 2.50. The zero-order valence-corrected chi connectivity index (χ0v) is 15.5. The first-order chi connectivity index (χ1) is 13.3. The normalized spacial score (nSPS) is 22.9. The van der Waals surface area contributed by atoms with E-state index in [1.807, 2.05) is 36.1 Å². The Labute approximate surface area is 161 Å². The number of alkyl halides is 3. The quantitative estimate of drug-likeness (QED) is 0.782. The SMILES string of the molecule is Cc1ccccc1N1CC[C@@]2(CCCN(c3nccc(C(F)(F)F)n3)C2)C1=O. The monoisotopic (exact) mass is 390 g/mol. The van der Waals surface area contributed by atoms with Crippen molar-refractivity contribution < 1.29 is 18.0 Å². The molecule has 1 amide bonds. The first-order valence-electron chi connectivity index (χ1n) is 9.33. The third kappa shape index (κ3) is 3.21. The molecule has 0 N–H and O–H groups in total. The highest BCUT2D eigenvalue weighted by atomic mass is 19.4. The smallest absolute Gasteiger partial charge is 0.340 e. The predicted molar refractivity (Wildman–Crippen MR) is 99.1 cm³/mol. The summed E-state index contributed by atoms with van der Waals surface area (Å²) in [6.07, 6.45) is -1.27. The first-order valence-corrected chi connectivity index (χ1v) is 9.33. The number of rotatable bonds is 2. The Morgan fingerprint density at radius 1 is 1.11 bits per heavy atom. The summed E-state index contributed by atoms with van der Waals surface area (Å²) in [6, 6.07) is 8.61. The predicted octanol–water partition coefficient (Wildman–Crippen LogP) is 3.83. The number of benzene rings is 1. The van der Waals surface area contributed by atoms with Gasteiger partial charge in [0.2, 0.25) is 11.9 Å². The summed E-state index contributed by atoms with van der Waals surface area (Å²) in [4.78, 5) is 24.6. The van der Waals surface area contributed by atoms with E-state index in [-0.39, 0.29) is 11.9 Å². The second-order valence-corrected chi connectivity index (χ2v) is 7.54. The van der Waals surface area contributed by atoms with Gasteiger partial charge in [0.05, 0.1) is 5.41 Å². The van der Waals surface area contributed by atoms with E-state index in [2.05, 4.69) is 9.97 Å². The van der Waals surface area contributed by atoms with E-state index in [1.54, 1.807) is 4.90 Å². The van der Waals surface area contributed by atoms with Crippen LogP contribution >= 0.6 is 0 Å². The van der Waals surface area contributed by atoms with Crippen LogP contribution in [0.15, 0.2) is 36.5 Å². The van der Waals surface area contributed by atoms with Crippen molar-refractivity contribution in [3.8, 4) is 0 Å². The summed E-state index contributed by atoms with van der Waals surface area (Å²) in [7, 11) is 0. The van der Waals surface area contributed by atoms with Crippen LogP contribution in [-0.2, 0) is 11.0 Å². The van der Waals surface area contributed by atoms with Crippen molar-refractivity contribution in [3.05, 3.63) is 47.8 Å². The molecule has 148 valence electrons. The van der Waals surface area contributed by atoms with Gasteiger partial charge in [-0.3, -0.25) is 4.79 Å². The molecule has 0 unspecified atom stereocenters. The van der Waals surface area contributed by atoms with Gasteiger partial charge in [-0.1, -0.05) is 18.2 Å². The minimum Gasteiger partial charge on any atom is -0.340 e. The van der Waals surface area contributed by atoms with Crippen molar-refractivity contribution in [2.45, 2.75) is 32.4 Å². The highest BCUT2D eigenvalue weighted by molar-refractivity contribution is 6.01. The number of nitrogens with zero attached hydrogens (tertiary/aromatic N) is 4. The summed E-state index contributed by atoms with van der Waals surface area (Å²) < 4.78 is 39.0. The van der Waals surface area contributed by atoms with E-state index in [1.165, 1.54) is 0 Å². The van der Waals surface area contributed by atoms with Crippen molar-refractivity contribution in [1.29, 1.82) is 0 Å². The molecule has 1 aromatic heterocycles. The van der Waals surface area contributed by atoms with E-state index in [9.17, 15) is 18.0 Å². The molecule has 0 aliphatic carbocycles. The average molecular weight is 390 g/mol. The van der Waals surface area contributed by atoms with Gasteiger partial charge in [0.25, 0.3) is 0 Å². The molecule has 0 radical (unpaired) electrons. The molecule has 2 aromatic rings. The molecule has 28 heavy (non-hydrogen) atoms. The van der Waals surface area contributed by atoms with Crippen LogP contribution in [0, 0.1) is 12.3 Å². The van der Waals surface area contributed by atoms with Crippen LogP contribution in [0.2, 0.25) is 0 Å². The molecule has 1 atom stereocenters. The number of carbonyl (C=O) groups is 1. The fraction of sp³-hybridized carbons (Fsp3) is 0.450. The lowest BCUT2D eigenvalue weighted by molar-refractivity contribution is -0.141. The number of amides is 1. The molecule has 8 heteroatoms. The zero-order chi connectivity index (χ0) is 19.9. The fourth-order valence-corrected chi connectivity index (χ4v) is 4.26. The van der Waals surface area contributed by atoms with Gasteiger partial charge in [-0.2, -0.15) is 13.2 Å². The Morgan fingerprint density at radius 3 is 2.64 bits per heavy atom. The number of hydrogen-bond acceptors (Lipinski definition) is 4. The van der Waals surface area contributed by atoms with Crippen LogP contribution in [0.4, 0.5) is 24.8 Å². The summed E-state index contributed by atoms with van der Waals surface area (Å²) in [5.41, 5.74) is 0.369. The topological polar surface area (TPSA) is 49.3 Å². The summed E-state index contributed by atoms with van der Waals surface area (Å²) in [5, 5.41) is 0. The van der Waals surface area contributed by atoms with Gasteiger partial charge in [0.15, 0.2) is 0 Å². The van der Waals surface area contributed by atoms with E-state index in [0.29, 0.717) is 32.5 Å². The second-order valence-electron chi connectivity index (χ2n) is 7.54. The third-order valence-corrected chi connectivity index (χ3v) is 5.71. The largest absolute Gasteiger partial charge is 0.433 e. The Kier molecular flexibility index (Phi) is 4.51. The fourth-order valence-electron chi connectivity index (χ4n) is 4.26. The van der Waals surface area contributed by atoms with Gasteiger partial charge >= 0.3 is 6.18 Å². The van der Waals surface area contributed by atoms with Crippen molar-refractivity contribution in [1.82, 2.24) is 9.97 Å². The molecule has 0 saturated carbocycles. The Bertz CT molecular complexity index is 901. The molecule has 1 aromatic carbocycles. The number of piperidine rings is 1. The lowest BCUT2D eigenvalue weighted by Gasteiger charge is -2.39. The molecule has 5 nitrogen and oxygen atoms in total. The summed E-state index contributed by atoms with van der Waals surface area (Å²) in [6.45, 7) is 3.47. The number of aromatic nitrogens is 2. The van der Waals surface area contributed by atoms with Crippen molar-refractivity contribution in [3.63, 3.8) is 0 Å². The third-order valence-electron chi connectivity index (χ3n) is 5.71. The maximum Gasteiger partial charge on any atom is 0.433 e. The molecule has 2 aliphatic rings. The maximum absolute atomic E-state index is 13.3. The van der Waals surface area contributed by atoms with E-state index >= 15 is 0 Å². The van der Waals surface area contributed by atoms with E-state index < -0.39 is 17.3 Å². The standard InChI is InChI=1S/C20H21F3N4O/c1-14-5-2-3-6-15(14)27-12-9-19(17(27)28)8-4-11-26(13-19)18-24-10-7-16(25-18)20(21,22)23/h2-3,5-7,10H,4,8-9,11-13H2,1H3/t19-/m1/s1. The molecule has 0 bridgehead atoms. The van der Waals surface area contributed by atoms with Crippen LogP contribution < -0.4 is 9.80 Å². The van der Waals surface area contributed by atoms with Crippen LogP contribution in [0.5, 0.6) is 0 Å². The Balaban J connectivity index is 1.59. The van der Waals surface area contributed by atoms with Gasteiger partial charge in [-0.15, -0.1) is 0 Å². The lowest BCUT2D eigenvalue weighted by atomic mass is 9.78. The highest BCUT2D eigenvalue weighted by Crippen LogP contribution is 2.43. The van der Waals surface area contributed by atoms with Crippen molar-refractivity contribution in [2.75, 3.05) is 29.4 Å². The number of anilines is 2. The molecule has 4 rings (SSSR count). The van der Waals surface area contributed by atoms with Crippen LogP contribution in [-0.4, -0.2) is 35.5 Å². The minimum absolute atomic E-state index is 0.0380. The number of hydrogen-bond donors (Lipinski definition) is 0. The number of halogens is 3. The van der Waals surface area contributed by atoms with Gasteiger partial charge < -0.3 is 9.80 Å². The minimum atomic E-state index is -4.52. The molecule has 2 aliphatic heterocycles. The molecular weight excluding hydrogens is 369 g/mol. The number of carbonyl (C=O) groups excluding carboxylic acids is 1. The second kappa shape index (κ2) is 6.76. The Morgan fingerprint density at radius 2 is 1.89 bits per heavy atom. The first kappa shape index (κ1) is 18.7. The van der Waals surface area contributed by atoms with E-state index in [4.69, 9.17) is 0 Å². The van der Waals surface area contributed by atoms with Crippen molar-refractivity contribution in [2.24, 2.45) is 5.41 Å². The van der Waals surface area contributed by atoms with Crippen LogP contribution in [0.1, 0.15) is 30.5 Å².